The summed E-state index contributed by atoms with van der Waals surface area (Å²) in [4.78, 5) is 12.9. The van der Waals surface area contributed by atoms with Crippen LogP contribution in [0.1, 0.15) is 10.8 Å². The van der Waals surface area contributed by atoms with Crippen molar-refractivity contribution in [3.63, 3.8) is 0 Å². The molecule has 128 valence electrons. The minimum absolute atomic E-state index is 0.188. The number of hydrogen-bond acceptors (Lipinski definition) is 6. The largest absolute Gasteiger partial charge is 0.497 e. The van der Waals surface area contributed by atoms with Crippen molar-refractivity contribution in [2.75, 3.05) is 18.3 Å². The third-order valence-corrected chi connectivity index (χ3v) is 4.67. The van der Waals surface area contributed by atoms with Crippen LogP contribution in [-0.4, -0.2) is 27.9 Å². The molecular formula is C17H17N5O2S. The number of thioether (sulfide) groups is 1. The Kier molecular flexibility index (Phi) is 5.20. The smallest absolute Gasteiger partial charge is 0.242 e. The molecular weight excluding hydrogens is 338 g/mol. The van der Waals surface area contributed by atoms with Gasteiger partial charge < -0.3 is 15.9 Å². The molecule has 0 aliphatic heterocycles. The van der Waals surface area contributed by atoms with E-state index in [-0.39, 0.29) is 5.91 Å². The van der Waals surface area contributed by atoms with E-state index >= 15 is 0 Å². The molecule has 3 rings (SSSR count). The topological polar surface area (TPSA) is 95.1 Å². The predicted molar refractivity (Wildman–Crippen MR) is 96.8 cm³/mol. The van der Waals surface area contributed by atoms with Gasteiger partial charge in [-0.2, -0.15) is 0 Å². The van der Waals surface area contributed by atoms with Crippen LogP contribution in [0.3, 0.4) is 0 Å². The molecule has 0 saturated carbocycles. The molecule has 25 heavy (non-hydrogen) atoms. The number of hydrogen-bond donors (Lipinski definition) is 2. The van der Waals surface area contributed by atoms with Gasteiger partial charge in [-0.05, 0) is 17.7 Å². The Morgan fingerprint density at radius 2 is 2.04 bits per heavy atom. The second-order valence-electron chi connectivity index (χ2n) is 5.15. The fourth-order valence-electron chi connectivity index (χ4n) is 2.23. The Balaban J connectivity index is 1.85. The molecule has 0 saturated heterocycles. The van der Waals surface area contributed by atoms with Crippen molar-refractivity contribution >= 4 is 23.4 Å². The first-order valence-electron chi connectivity index (χ1n) is 7.49. The van der Waals surface area contributed by atoms with Gasteiger partial charge in [0.15, 0.2) is 0 Å². The molecule has 1 amide bonds. The molecule has 0 aliphatic carbocycles. The molecule has 1 atom stereocenters. The van der Waals surface area contributed by atoms with Crippen LogP contribution in [0.4, 0.5) is 5.69 Å². The zero-order valence-corrected chi connectivity index (χ0v) is 14.3. The Bertz CT molecular complexity index is 853. The van der Waals surface area contributed by atoms with E-state index in [4.69, 9.17) is 10.6 Å². The Hall–Kier alpha value is -3.00. The van der Waals surface area contributed by atoms with Crippen LogP contribution in [0, 0.1) is 0 Å². The zero-order valence-electron chi connectivity index (χ0n) is 13.5. The molecule has 2 aromatic carbocycles. The summed E-state index contributed by atoms with van der Waals surface area (Å²) < 4.78 is 6.48. The summed E-state index contributed by atoms with van der Waals surface area (Å²) in [5.74, 6) is 6.26. The number of nitrogens with one attached hydrogen (secondary N) is 1. The molecule has 8 heteroatoms. The van der Waals surface area contributed by atoms with Gasteiger partial charge in [-0.15, -0.1) is 10.2 Å². The first-order chi connectivity index (χ1) is 12.2. The maximum atomic E-state index is 12.9. The van der Waals surface area contributed by atoms with E-state index in [1.807, 2.05) is 42.5 Å². The molecule has 1 aromatic heterocycles. The molecule has 0 fully saturated rings. The van der Waals surface area contributed by atoms with Gasteiger partial charge in [-0.25, -0.2) is 4.68 Å². The van der Waals surface area contributed by atoms with E-state index in [1.165, 1.54) is 22.8 Å². The SMILES string of the molecule is COc1cccc(NC(=O)[C@@H](Sc2nncn2N)c2ccccc2)c1. The highest BCUT2D eigenvalue weighted by Gasteiger charge is 2.24. The summed E-state index contributed by atoms with van der Waals surface area (Å²) in [5.41, 5.74) is 1.50. The van der Waals surface area contributed by atoms with Gasteiger partial charge in [-0.3, -0.25) is 4.79 Å². The van der Waals surface area contributed by atoms with Gasteiger partial charge in [0.05, 0.1) is 7.11 Å². The van der Waals surface area contributed by atoms with Crippen LogP contribution in [0.2, 0.25) is 0 Å². The van der Waals surface area contributed by atoms with E-state index < -0.39 is 5.25 Å². The van der Waals surface area contributed by atoms with Gasteiger partial charge in [0.1, 0.15) is 17.3 Å². The number of rotatable bonds is 6. The number of carbonyl (C=O) groups excluding carboxylic acids is 1. The molecule has 0 unspecified atom stereocenters. The minimum Gasteiger partial charge on any atom is -0.497 e. The fraction of sp³-hybridized carbons (Fsp3) is 0.118. The highest BCUT2D eigenvalue weighted by atomic mass is 32.2. The maximum absolute atomic E-state index is 12.9. The lowest BCUT2D eigenvalue weighted by atomic mass is 10.1. The second-order valence-corrected chi connectivity index (χ2v) is 6.22. The van der Waals surface area contributed by atoms with Crippen LogP contribution in [0.25, 0.3) is 0 Å². The van der Waals surface area contributed by atoms with Crippen LogP contribution < -0.4 is 15.9 Å². The van der Waals surface area contributed by atoms with Crippen molar-refractivity contribution in [3.8, 4) is 5.75 Å². The number of methoxy groups -OCH3 is 1. The van der Waals surface area contributed by atoms with Crippen LogP contribution >= 0.6 is 11.8 Å². The van der Waals surface area contributed by atoms with Crippen molar-refractivity contribution < 1.29 is 9.53 Å². The molecule has 0 radical (unpaired) electrons. The maximum Gasteiger partial charge on any atom is 0.242 e. The van der Waals surface area contributed by atoms with Crippen molar-refractivity contribution in [2.45, 2.75) is 10.4 Å². The lowest BCUT2D eigenvalue weighted by molar-refractivity contribution is -0.115. The molecule has 3 N–H and O–H groups in total. The normalized spacial score (nSPS) is 11.7. The summed E-state index contributed by atoms with van der Waals surface area (Å²) >= 11 is 1.23. The highest BCUT2D eigenvalue weighted by molar-refractivity contribution is 8.00. The van der Waals surface area contributed by atoms with Crippen molar-refractivity contribution in [1.82, 2.24) is 14.9 Å². The summed E-state index contributed by atoms with van der Waals surface area (Å²) in [5, 5.41) is 10.5. The lowest BCUT2D eigenvalue weighted by Gasteiger charge is -2.16. The minimum atomic E-state index is -0.529. The number of nitrogen functional groups attached to an aromatic ring is 1. The summed E-state index contributed by atoms with van der Waals surface area (Å²) in [6.45, 7) is 0. The van der Waals surface area contributed by atoms with Gasteiger partial charge in [-0.1, -0.05) is 48.2 Å². The van der Waals surface area contributed by atoms with Gasteiger partial charge in [0.25, 0.3) is 0 Å². The van der Waals surface area contributed by atoms with Crippen LogP contribution in [0.15, 0.2) is 66.1 Å². The third-order valence-electron chi connectivity index (χ3n) is 3.44. The molecule has 7 nitrogen and oxygen atoms in total. The number of nitrogens with two attached hydrogens (primary N) is 1. The Morgan fingerprint density at radius 1 is 1.24 bits per heavy atom. The van der Waals surface area contributed by atoms with E-state index in [0.717, 1.165) is 5.56 Å². The van der Waals surface area contributed by atoms with Crippen molar-refractivity contribution in [1.29, 1.82) is 0 Å². The van der Waals surface area contributed by atoms with E-state index in [9.17, 15) is 4.79 Å². The van der Waals surface area contributed by atoms with Crippen LogP contribution in [0.5, 0.6) is 5.75 Å². The van der Waals surface area contributed by atoms with E-state index in [2.05, 4.69) is 15.5 Å². The number of benzene rings is 2. The number of nitrogens with zero attached hydrogens (tertiary/aromatic N) is 3. The Morgan fingerprint density at radius 3 is 2.72 bits per heavy atom. The lowest BCUT2D eigenvalue weighted by Crippen LogP contribution is -2.20. The predicted octanol–water partition coefficient (Wildman–Crippen LogP) is 2.47. The fourth-order valence-corrected chi connectivity index (χ4v) is 3.16. The average molecular weight is 355 g/mol. The van der Waals surface area contributed by atoms with Crippen molar-refractivity contribution in [3.05, 3.63) is 66.5 Å². The zero-order chi connectivity index (χ0) is 17.6. The summed E-state index contributed by atoms with van der Waals surface area (Å²) in [6.07, 6.45) is 1.39. The monoisotopic (exact) mass is 355 g/mol. The Labute approximate surface area is 149 Å². The first kappa shape index (κ1) is 16.8. The van der Waals surface area contributed by atoms with Crippen molar-refractivity contribution in [2.24, 2.45) is 0 Å². The number of amides is 1. The first-order valence-corrected chi connectivity index (χ1v) is 8.37. The molecule has 0 spiro atoms. The van der Waals surface area contributed by atoms with Gasteiger partial charge >= 0.3 is 0 Å². The van der Waals surface area contributed by atoms with Gasteiger partial charge in [0, 0.05) is 11.8 Å². The molecule has 0 bridgehead atoms. The average Bonchev–Trinajstić information content (AvgIpc) is 3.05. The standard InChI is InChI=1S/C17H17N5O2S/c1-24-14-9-5-8-13(10-14)20-16(23)15(12-6-3-2-4-7-12)25-17-21-19-11-22(17)18/h2-11,15H,18H2,1H3,(H,20,23)/t15-/m0/s1. The number of carbonyl (C=O) groups is 1. The summed E-state index contributed by atoms with van der Waals surface area (Å²) in [7, 11) is 1.58. The van der Waals surface area contributed by atoms with E-state index in [1.54, 1.807) is 19.2 Å². The molecule has 0 aliphatic rings. The third kappa shape index (κ3) is 4.10. The quantitative estimate of drug-likeness (QED) is 0.521. The summed E-state index contributed by atoms with van der Waals surface area (Å²) in [6, 6.07) is 16.6. The molecule has 3 aromatic rings. The number of ether oxygens (including phenoxy) is 1. The molecule has 1 heterocycles. The van der Waals surface area contributed by atoms with Crippen LogP contribution in [-0.2, 0) is 4.79 Å². The highest BCUT2D eigenvalue weighted by Crippen LogP contribution is 2.34. The number of anilines is 1. The van der Waals surface area contributed by atoms with Gasteiger partial charge in [0.2, 0.25) is 11.1 Å². The number of aromatic nitrogens is 3. The second kappa shape index (κ2) is 7.71. The van der Waals surface area contributed by atoms with E-state index in [0.29, 0.717) is 16.6 Å².